The lowest BCUT2D eigenvalue weighted by Crippen LogP contribution is -2.36. The molecule has 2 heterocycles. The van der Waals surface area contributed by atoms with E-state index in [9.17, 15) is 9.90 Å². The molecule has 0 atom stereocenters. The van der Waals surface area contributed by atoms with Crippen LogP contribution >= 0.6 is 0 Å². The third kappa shape index (κ3) is 4.55. The summed E-state index contributed by atoms with van der Waals surface area (Å²) in [7, 11) is 5.28. The predicted octanol–water partition coefficient (Wildman–Crippen LogP) is 2.99. The van der Waals surface area contributed by atoms with Crippen molar-refractivity contribution in [3.8, 4) is 11.8 Å². The number of fused-ring (bicyclic) bond motifs is 2. The molecule has 1 aliphatic rings. The van der Waals surface area contributed by atoms with Gasteiger partial charge in [0.05, 0.1) is 19.3 Å². The minimum absolute atomic E-state index is 0.111. The second kappa shape index (κ2) is 9.36. The average Bonchev–Trinajstić information content (AvgIpc) is 2.84. The Balaban J connectivity index is 1.63. The van der Waals surface area contributed by atoms with E-state index in [2.05, 4.69) is 27.5 Å². The number of amides is 1. The Bertz CT molecular complexity index is 1200. The van der Waals surface area contributed by atoms with E-state index < -0.39 is 0 Å². The van der Waals surface area contributed by atoms with E-state index in [0.717, 1.165) is 46.5 Å². The first-order valence-corrected chi connectivity index (χ1v) is 10.9. The number of phenols is 1. The van der Waals surface area contributed by atoms with Gasteiger partial charge in [0.2, 0.25) is 5.91 Å². The summed E-state index contributed by atoms with van der Waals surface area (Å²) < 4.78 is 5.40. The Hall–Kier alpha value is -3.81. The van der Waals surface area contributed by atoms with E-state index in [4.69, 9.17) is 4.74 Å². The fourth-order valence-electron chi connectivity index (χ4n) is 4.21. The first-order valence-electron chi connectivity index (χ1n) is 10.9. The summed E-state index contributed by atoms with van der Waals surface area (Å²) in [4.78, 5) is 27.0. The zero-order chi connectivity index (χ0) is 23.5. The predicted molar refractivity (Wildman–Crippen MR) is 130 cm³/mol. The van der Waals surface area contributed by atoms with Crippen LogP contribution in [0.2, 0.25) is 0 Å². The number of carbonyl (C=O) groups is 1. The molecule has 33 heavy (non-hydrogen) atoms. The minimum atomic E-state index is -0.111. The first-order chi connectivity index (χ1) is 15.9. The van der Waals surface area contributed by atoms with Crippen LogP contribution in [0.15, 0.2) is 49.1 Å². The molecule has 172 valence electrons. The van der Waals surface area contributed by atoms with E-state index in [1.165, 1.54) is 6.08 Å². The molecule has 0 bridgehead atoms. The van der Waals surface area contributed by atoms with Crippen LogP contribution < -0.4 is 14.5 Å². The maximum absolute atomic E-state index is 11.8. The van der Waals surface area contributed by atoms with Gasteiger partial charge < -0.3 is 24.5 Å². The Morgan fingerprint density at radius 1 is 1.24 bits per heavy atom. The van der Waals surface area contributed by atoms with Crippen molar-refractivity contribution in [2.75, 3.05) is 50.6 Å². The number of methoxy groups -OCH3 is 1. The van der Waals surface area contributed by atoms with Crippen molar-refractivity contribution in [3.63, 3.8) is 0 Å². The molecule has 8 nitrogen and oxygen atoms in total. The molecule has 8 heteroatoms. The fraction of sp³-hybridized carbons (Fsp3) is 0.320. The monoisotopic (exact) mass is 447 g/mol. The number of aromatic hydroxyl groups is 1. The summed E-state index contributed by atoms with van der Waals surface area (Å²) in [6.07, 6.45) is 2.07. The van der Waals surface area contributed by atoms with E-state index in [1.807, 2.05) is 36.2 Å². The number of anilines is 2. The largest absolute Gasteiger partial charge is 0.508 e. The number of nitrogens with zero attached hydrogens (tertiary/aromatic N) is 5. The lowest BCUT2D eigenvalue weighted by atomic mass is 10.0. The van der Waals surface area contributed by atoms with Gasteiger partial charge >= 0.3 is 6.01 Å². The smallest absolute Gasteiger partial charge is 0.318 e. The van der Waals surface area contributed by atoms with Crippen molar-refractivity contribution in [1.82, 2.24) is 14.9 Å². The van der Waals surface area contributed by atoms with Gasteiger partial charge in [0.15, 0.2) is 0 Å². The number of aromatic nitrogens is 2. The van der Waals surface area contributed by atoms with Crippen LogP contribution in [0.25, 0.3) is 10.8 Å². The maximum atomic E-state index is 11.8. The third-order valence-electron chi connectivity index (χ3n) is 6.05. The van der Waals surface area contributed by atoms with Gasteiger partial charge in [-0.1, -0.05) is 30.8 Å². The van der Waals surface area contributed by atoms with Gasteiger partial charge in [-0.05, 0) is 23.9 Å². The molecule has 4 rings (SSSR count). The van der Waals surface area contributed by atoms with E-state index in [-0.39, 0.29) is 11.7 Å². The van der Waals surface area contributed by atoms with Gasteiger partial charge in [0, 0.05) is 56.4 Å². The topological polar surface area (TPSA) is 82.0 Å². The molecule has 1 N–H and O–H groups in total. The minimum Gasteiger partial charge on any atom is -0.508 e. The molecule has 0 aliphatic carbocycles. The molecule has 0 radical (unpaired) electrons. The third-order valence-corrected chi connectivity index (χ3v) is 6.05. The standard InChI is InChI=1S/C25H29N5O3/c1-5-23(32)28(2)12-13-29(3)24-20-10-11-30(16-21(20)26-25(27-24)33-4)22-15-18(31)14-17-8-6-7-9-19(17)22/h5-9,14-15,31H,1,10-13,16H2,2-4H3. The summed E-state index contributed by atoms with van der Waals surface area (Å²) in [5.74, 6) is 0.949. The Kier molecular flexibility index (Phi) is 6.35. The molecule has 2 aromatic carbocycles. The first kappa shape index (κ1) is 22.4. The zero-order valence-corrected chi connectivity index (χ0v) is 19.3. The second-order valence-electron chi connectivity index (χ2n) is 8.20. The van der Waals surface area contributed by atoms with Crippen molar-refractivity contribution >= 4 is 28.2 Å². The Morgan fingerprint density at radius 3 is 2.79 bits per heavy atom. The Morgan fingerprint density at radius 2 is 2.03 bits per heavy atom. The summed E-state index contributed by atoms with van der Waals surface area (Å²) in [5, 5.41) is 12.4. The summed E-state index contributed by atoms with van der Waals surface area (Å²) in [6, 6.07) is 12.0. The van der Waals surface area contributed by atoms with Crippen LogP contribution in [-0.2, 0) is 17.8 Å². The van der Waals surface area contributed by atoms with E-state index in [0.29, 0.717) is 25.6 Å². The maximum Gasteiger partial charge on any atom is 0.318 e. The summed E-state index contributed by atoms with van der Waals surface area (Å²) in [5.41, 5.74) is 2.96. The van der Waals surface area contributed by atoms with Gasteiger partial charge in [0.1, 0.15) is 11.6 Å². The number of hydrogen-bond acceptors (Lipinski definition) is 7. The van der Waals surface area contributed by atoms with Crippen molar-refractivity contribution in [1.29, 1.82) is 0 Å². The molecule has 1 amide bonds. The van der Waals surface area contributed by atoms with Gasteiger partial charge in [-0.25, -0.2) is 0 Å². The van der Waals surface area contributed by atoms with Crippen LogP contribution in [0, 0.1) is 0 Å². The molecule has 0 saturated carbocycles. The van der Waals surface area contributed by atoms with Crippen LogP contribution in [-0.4, -0.2) is 66.7 Å². The molecular weight excluding hydrogens is 418 g/mol. The molecule has 1 aliphatic heterocycles. The normalized spacial score (nSPS) is 12.9. The molecule has 0 unspecified atom stereocenters. The highest BCUT2D eigenvalue weighted by Crippen LogP contribution is 2.36. The number of benzene rings is 2. The van der Waals surface area contributed by atoms with Crippen molar-refractivity contribution in [2.24, 2.45) is 0 Å². The SMILES string of the molecule is C=CC(=O)N(C)CCN(C)c1nc(OC)nc2c1CCN(c1cc(O)cc3ccccc13)C2. The van der Waals surface area contributed by atoms with Crippen molar-refractivity contribution in [2.45, 2.75) is 13.0 Å². The van der Waals surface area contributed by atoms with Crippen molar-refractivity contribution < 1.29 is 14.6 Å². The van der Waals surface area contributed by atoms with Crippen LogP contribution in [0.3, 0.4) is 0 Å². The second-order valence-corrected chi connectivity index (χ2v) is 8.20. The quantitative estimate of drug-likeness (QED) is 0.558. The summed E-state index contributed by atoms with van der Waals surface area (Å²) in [6.45, 7) is 6.05. The van der Waals surface area contributed by atoms with E-state index in [1.54, 1.807) is 25.1 Å². The molecule has 1 aromatic heterocycles. The highest BCUT2D eigenvalue weighted by atomic mass is 16.5. The molecule has 0 spiro atoms. The van der Waals surface area contributed by atoms with E-state index >= 15 is 0 Å². The highest BCUT2D eigenvalue weighted by Gasteiger charge is 2.26. The molecular formula is C25H29N5O3. The number of likely N-dealkylation sites (N-methyl/N-ethyl adjacent to an activating group) is 2. The van der Waals surface area contributed by atoms with Gasteiger partial charge in [-0.3, -0.25) is 4.79 Å². The molecule has 0 saturated heterocycles. The zero-order valence-electron chi connectivity index (χ0n) is 19.3. The van der Waals surface area contributed by atoms with Crippen molar-refractivity contribution in [3.05, 3.63) is 60.3 Å². The molecule has 0 fully saturated rings. The Labute approximate surface area is 193 Å². The fourth-order valence-corrected chi connectivity index (χ4v) is 4.21. The number of phenolic OH excluding ortho intramolecular Hbond substituents is 1. The van der Waals surface area contributed by atoms with Crippen LogP contribution in [0.5, 0.6) is 11.8 Å². The van der Waals surface area contributed by atoms with Crippen LogP contribution in [0.4, 0.5) is 11.5 Å². The highest BCUT2D eigenvalue weighted by molar-refractivity contribution is 5.95. The average molecular weight is 448 g/mol. The lowest BCUT2D eigenvalue weighted by Gasteiger charge is -2.33. The molecule has 3 aromatic rings. The van der Waals surface area contributed by atoms with Gasteiger partial charge in [-0.15, -0.1) is 0 Å². The number of hydrogen-bond donors (Lipinski definition) is 1. The van der Waals surface area contributed by atoms with Gasteiger partial charge in [0.25, 0.3) is 0 Å². The lowest BCUT2D eigenvalue weighted by molar-refractivity contribution is -0.124. The van der Waals surface area contributed by atoms with Gasteiger partial charge in [-0.2, -0.15) is 9.97 Å². The summed E-state index contributed by atoms with van der Waals surface area (Å²) >= 11 is 0. The number of ether oxygens (including phenoxy) is 1. The van der Waals surface area contributed by atoms with Crippen LogP contribution in [0.1, 0.15) is 11.3 Å². The number of carbonyl (C=O) groups excluding carboxylic acids is 1. The number of rotatable bonds is 7.